The van der Waals surface area contributed by atoms with Crippen LogP contribution in [0.5, 0.6) is 0 Å². The van der Waals surface area contributed by atoms with Crippen molar-refractivity contribution in [3.63, 3.8) is 0 Å². The topological polar surface area (TPSA) is 106 Å². The van der Waals surface area contributed by atoms with Crippen molar-refractivity contribution in [1.82, 2.24) is 20.3 Å². The average molecular weight is 503 g/mol. The van der Waals surface area contributed by atoms with Crippen LogP contribution in [0.2, 0.25) is 0 Å². The number of rotatable bonds is 8. The number of thiazole rings is 1. The van der Waals surface area contributed by atoms with E-state index in [1.54, 1.807) is 30.5 Å². The molecule has 1 atom stereocenters. The normalized spacial score (nSPS) is 15.9. The molecular formula is C24H31FN6OS2. The SMILES string of the molecule is CCCS(=O)Nc1cccc(-c2nc(C(C)(C)C3CCNCC3)sc2-c2ccnc(N)n2)c1F. The van der Waals surface area contributed by atoms with Crippen LogP contribution in [0.3, 0.4) is 0 Å². The second-order valence-corrected chi connectivity index (χ2v) is 11.4. The highest BCUT2D eigenvalue weighted by Crippen LogP contribution is 2.45. The Morgan fingerprint density at radius 2 is 2.03 bits per heavy atom. The third kappa shape index (κ3) is 5.13. The molecule has 0 amide bonds. The van der Waals surface area contributed by atoms with Gasteiger partial charge in [-0.3, -0.25) is 0 Å². The minimum absolute atomic E-state index is 0.155. The number of aromatic nitrogens is 3. The van der Waals surface area contributed by atoms with Gasteiger partial charge in [0, 0.05) is 22.9 Å². The van der Waals surface area contributed by atoms with Crippen LogP contribution in [0.15, 0.2) is 30.5 Å². The van der Waals surface area contributed by atoms with Gasteiger partial charge in [0.25, 0.3) is 0 Å². The van der Waals surface area contributed by atoms with E-state index in [1.165, 1.54) is 11.3 Å². The molecule has 3 heterocycles. The summed E-state index contributed by atoms with van der Waals surface area (Å²) in [6, 6.07) is 6.82. The van der Waals surface area contributed by atoms with Crippen LogP contribution in [-0.2, 0) is 16.4 Å². The fourth-order valence-electron chi connectivity index (χ4n) is 4.32. The lowest BCUT2D eigenvalue weighted by Crippen LogP contribution is -2.38. The van der Waals surface area contributed by atoms with Gasteiger partial charge in [-0.2, -0.15) is 0 Å². The number of nitrogen functional groups attached to an aromatic ring is 1. The molecule has 3 aromatic rings. The van der Waals surface area contributed by atoms with E-state index in [2.05, 4.69) is 33.9 Å². The molecule has 1 aromatic carbocycles. The number of piperidine rings is 1. The maximum Gasteiger partial charge on any atom is 0.220 e. The third-order valence-corrected chi connectivity index (χ3v) is 8.96. The molecule has 1 saturated heterocycles. The number of nitrogens with two attached hydrogens (primary N) is 1. The Morgan fingerprint density at radius 1 is 1.26 bits per heavy atom. The summed E-state index contributed by atoms with van der Waals surface area (Å²) >= 11 is 1.53. The molecule has 4 rings (SSSR count). The average Bonchev–Trinajstić information content (AvgIpc) is 3.27. The Kier molecular flexibility index (Phi) is 7.59. The number of nitrogens with one attached hydrogen (secondary N) is 2. The molecule has 34 heavy (non-hydrogen) atoms. The van der Waals surface area contributed by atoms with Crippen molar-refractivity contribution in [2.45, 2.75) is 45.4 Å². The molecular weight excluding hydrogens is 471 g/mol. The van der Waals surface area contributed by atoms with Crippen molar-refractivity contribution < 1.29 is 8.60 Å². The summed E-state index contributed by atoms with van der Waals surface area (Å²) in [5.74, 6) is 0.583. The van der Waals surface area contributed by atoms with Crippen LogP contribution in [0.4, 0.5) is 16.0 Å². The van der Waals surface area contributed by atoms with E-state index in [4.69, 9.17) is 10.7 Å². The molecule has 1 aliphatic rings. The van der Waals surface area contributed by atoms with Gasteiger partial charge in [0.2, 0.25) is 5.95 Å². The van der Waals surface area contributed by atoms with E-state index in [0.29, 0.717) is 28.6 Å². The third-order valence-electron chi connectivity index (χ3n) is 6.31. The molecule has 0 bridgehead atoms. The smallest absolute Gasteiger partial charge is 0.220 e. The first-order chi connectivity index (χ1) is 16.3. The minimum Gasteiger partial charge on any atom is -0.368 e. The second kappa shape index (κ2) is 10.5. The van der Waals surface area contributed by atoms with Gasteiger partial charge in [0.15, 0.2) is 5.82 Å². The van der Waals surface area contributed by atoms with Gasteiger partial charge in [0.1, 0.15) is 11.0 Å². The van der Waals surface area contributed by atoms with Gasteiger partial charge >= 0.3 is 0 Å². The standard InChI is InChI=1S/C24H31FN6OS2/c1-4-14-34(32)31-17-7-5-6-16(19(17)25)20-21(18-10-13-28-23(26)29-18)33-22(30-20)24(2,3)15-8-11-27-12-9-15/h5-7,10,13,15,27,31H,4,8-9,11-12,14H2,1-3H3,(H2,26,28,29). The minimum atomic E-state index is -1.35. The first-order valence-electron chi connectivity index (χ1n) is 11.6. The zero-order valence-electron chi connectivity index (χ0n) is 19.7. The van der Waals surface area contributed by atoms with Crippen molar-refractivity contribution in [2.24, 2.45) is 5.92 Å². The number of hydrogen-bond acceptors (Lipinski definition) is 7. The number of nitrogens with zero attached hydrogens (tertiary/aromatic N) is 3. The van der Waals surface area contributed by atoms with Crippen LogP contribution in [0.1, 0.15) is 45.0 Å². The Labute approximate surface area is 206 Å². The summed E-state index contributed by atoms with van der Waals surface area (Å²) < 4.78 is 30.7. The highest BCUT2D eigenvalue weighted by Gasteiger charge is 2.36. The lowest BCUT2D eigenvalue weighted by Gasteiger charge is -2.35. The molecule has 4 N–H and O–H groups in total. The molecule has 10 heteroatoms. The zero-order chi connectivity index (χ0) is 24.3. The van der Waals surface area contributed by atoms with Crippen molar-refractivity contribution in [2.75, 3.05) is 29.3 Å². The highest BCUT2D eigenvalue weighted by atomic mass is 32.2. The Bertz CT molecular complexity index is 1180. The van der Waals surface area contributed by atoms with Crippen LogP contribution in [-0.4, -0.2) is 38.0 Å². The van der Waals surface area contributed by atoms with E-state index in [0.717, 1.165) is 42.2 Å². The van der Waals surface area contributed by atoms with Gasteiger partial charge in [-0.25, -0.2) is 23.6 Å². The molecule has 0 radical (unpaired) electrons. The summed E-state index contributed by atoms with van der Waals surface area (Å²) in [6.45, 7) is 8.34. The summed E-state index contributed by atoms with van der Waals surface area (Å²) in [4.78, 5) is 14.2. The van der Waals surface area contributed by atoms with E-state index in [-0.39, 0.29) is 17.1 Å². The van der Waals surface area contributed by atoms with Gasteiger partial charge in [0.05, 0.1) is 27.0 Å². The van der Waals surface area contributed by atoms with Crippen molar-refractivity contribution >= 4 is 34.0 Å². The van der Waals surface area contributed by atoms with Crippen LogP contribution in [0, 0.1) is 11.7 Å². The molecule has 2 aromatic heterocycles. The van der Waals surface area contributed by atoms with Crippen LogP contribution in [0.25, 0.3) is 21.8 Å². The van der Waals surface area contributed by atoms with E-state index >= 15 is 4.39 Å². The number of hydrogen-bond donors (Lipinski definition) is 3. The summed E-state index contributed by atoms with van der Waals surface area (Å²) in [6.07, 6.45) is 4.46. The first-order valence-corrected chi connectivity index (χ1v) is 13.7. The molecule has 0 spiro atoms. The van der Waals surface area contributed by atoms with Crippen LogP contribution < -0.4 is 15.8 Å². The number of benzene rings is 1. The van der Waals surface area contributed by atoms with Gasteiger partial charge < -0.3 is 15.8 Å². The molecule has 0 aliphatic carbocycles. The maximum absolute atomic E-state index is 15.7. The van der Waals surface area contributed by atoms with Crippen molar-refractivity contribution in [3.8, 4) is 21.8 Å². The summed E-state index contributed by atoms with van der Waals surface area (Å²) in [5.41, 5.74) is 7.35. The first kappa shape index (κ1) is 24.7. The Morgan fingerprint density at radius 3 is 2.74 bits per heavy atom. The summed E-state index contributed by atoms with van der Waals surface area (Å²) in [5, 5.41) is 4.36. The zero-order valence-corrected chi connectivity index (χ0v) is 21.4. The lowest BCUT2D eigenvalue weighted by atomic mass is 9.74. The van der Waals surface area contributed by atoms with Gasteiger partial charge in [-0.1, -0.05) is 26.8 Å². The van der Waals surface area contributed by atoms with E-state index < -0.39 is 16.8 Å². The Hall–Kier alpha value is -2.43. The maximum atomic E-state index is 15.7. The van der Waals surface area contributed by atoms with Gasteiger partial charge in [-0.05, 0) is 56.5 Å². The molecule has 1 unspecified atom stereocenters. The molecule has 182 valence electrons. The molecule has 0 saturated carbocycles. The molecule has 1 aliphatic heterocycles. The monoisotopic (exact) mass is 502 g/mol. The van der Waals surface area contributed by atoms with E-state index in [1.807, 2.05) is 6.92 Å². The predicted octanol–water partition coefficient (Wildman–Crippen LogP) is 4.75. The van der Waals surface area contributed by atoms with E-state index in [9.17, 15) is 4.21 Å². The van der Waals surface area contributed by atoms with Gasteiger partial charge in [-0.15, -0.1) is 11.3 Å². The molecule has 1 fully saturated rings. The Balaban J connectivity index is 1.82. The number of halogens is 1. The fraction of sp³-hybridized carbons (Fsp3) is 0.458. The second-order valence-electron chi connectivity index (χ2n) is 9.06. The fourth-order valence-corrected chi connectivity index (χ4v) is 6.43. The summed E-state index contributed by atoms with van der Waals surface area (Å²) in [7, 11) is -1.35. The predicted molar refractivity (Wildman–Crippen MR) is 138 cm³/mol. The van der Waals surface area contributed by atoms with Crippen molar-refractivity contribution in [3.05, 3.63) is 41.3 Å². The molecule has 7 nitrogen and oxygen atoms in total. The van der Waals surface area contributed by atoms with Crippen LogP contribution >= 0.6 is 11.3 Å². The lowest BCUT2D eigenvalue weighted by molar-refractivity contribution is 0.246. The van der Waals surface area contributed by atoms with Crippen molar-refractivity contribution in [1.29, 1.82) is 0 Å². The largest absolute Gasteiger partial charge is 0.368 e. The number of anilines is 2. The highest BCUT2D eigenvalue weighted by molar-refractivity contribution is 7.86. The quantitative estimate of drug-likeness (QED) is 0.410.